The first-order valence-electron chi connectivity index (χ1n) is 12.5. The summed E-state index contributed by atoms with van der Waals surface area (Å²) in [5, 5.41) is 48.1. The molecule has 1 saturated heterocycles. The Morgan fingerprint density at radius 3 is 1.75 bits per heavy atom. The Balaban J connectivity index is 2.14. The van der Waals surface area contributed by atoms with Gasteiger partial charge in [-0.3, -0.25) is 4.79 Å². The highest BCUT2D eigenvalue weighted by Crippen LogP contribution is 2.25. The maximum atomic E-state index is 11.2. The van der Waals surface area contributed by atoms with E-state index in [4.69, 9.17) is 14.6 Å². The molecule has 5 N–H and O–H groups in total. The van der Waals surface area contributed by atoms with Gasteiger partial charge in [-0.15, -0.1) is 0 Å². The summed E-state index contributed by atoms with van der Waals surface area (Å²) in [5.41, 5.74) is 0. The van der Waals surface area contributed by atoms with E-state index in [0.29, 0.717) is 6.42 Å². The van der Waals surface area contributed by atoms with Crippen LogP contribution in [0, 0.1) is 0 Å². The third-order valence-electron chi connectivity index (χ3n) is 6.19. The molecule has 1 aliphatic rings. The lowest BCUT2D eigenvalue weighted by molar-refractivity contribution is -0.304. The summed E-state index contributed by atoms with van der Waals surface area (Å²) < 4.78 is 11.1. The molecule has 0 aromatic rings. The number of rotatable bonds is 18. The van der Waals surface area contributed by atoms with E-state index in [1.807, 2.05) is 6.92 Å². The van der Waals surface area contributed by atoms with Gasteiger partial charge in [0.1, 0.15) is 18.3 Å². The summed E-state index contributed by atoms with van der Waals surface area (Å²) in [5.74, 6) is -0.986. The maximum absolute atomic E-state index is 11.2. The van der Waals surface area contributed by atoms with Crippen molar-refractivity contribution < 1.29 is 39.8 Å². The SMILES string of the molecule is C[C@@H]1O[C@@H](O[C@H](CCCCCCCCCCCCC[C@@H](C)O)CC(=O)O)[C@H](O)[C@H](O)[C@H]1O. The molecule has 32 heavy (non-hydrogen) atoms. The topological polar surface area (TPSA) is 137 Å². The molecule has 1 rings (SSSR count). The van der Waals surface area contributed by atoms with Crippen LogP contribution in [0.3, 0.4) is 0 Å². The third-order valence-corrected chi connectivity index (χ3v) is 6.19. The van der Waals surface area contributed by atoms with Crippen molar-refractivity contribution in [2.75, 3.05) is 0 Å². The van der Waals surface area contributed by atoms with Crippen LogP contribution < -0.4 is 0 Å². The molecule has 8 heteroatoms. The number of carbonyl (C=O) groups is 1. The molecule has 0 aromatic heterocycles. The number of aliphatic hydroxyl groups is 4. The average molecular weight is 463 g/mol. The Bertz CT molecular complexity index is 487. The quantitative estimate of drug-likeness (QED) is 0.196. The number of hydrogen-bond donors (Lipinski definition) is 5. The van der Waals surface area contributed by atoms with Gasteiger partial charge in [0.05, 0.1) is 24.7 Å². The van der Waals surface area contributed by atoms with Gasteiger partial charge in [0.15, 0.2) is 6.29 Å². The molecule has 1 aliphatic heterocycles. The highest BCUT2D eigenvalue weighted by molar-refractivity contribution is 5.67. The predicted octanol–water partition coefficient (Wildman–Crippen LogP) is 3.13. The Morgan fingerprint density at radius 1 is 0.812 bits per heavy atom. The number of aliphatic carboxylic acids is 1. The number of ether oxygens (including phenoxy) is 2. The molecule has 7 atom stereocenters. The summed E-state index contributed by atoms with van der Waals surface area (Å²) in [6.45, 7) is 3.41. The molecule has 0 radical (unpaired) electrons. The predicted molar refractivity (Wildman–Crippen MR) is 121 cm³/mol. The van der Waals surface area contributed by atoms with Crippen LogP contribution in [0.25, 0.3) is 0 Å². The van der Waals surface area contributed by atoms with Gasteiger partial charge < -0.3 is 35.0 Å². The number of aliphatic hydroxyl groups excluding tert-OH is 4. The standard InChI is InChI=1S/C24H46O8/c1-17(25)14-12-10-8-6-4-3-5-7-9-11-13-15-19(16-20(26)27)32-24-23(30)22(29)21(28)18(2)31-24/h17-19,21-25,28-30H,3-16H2,1-2H3,(H,26,27)/t17-,18+,19-,21+,22-,23-,24+/m1/s1. The fraction of sp³-hybridized carbons (Fsp3) is 0.958. The van der Waals surface area contributed by atoms with Gasteiger partial charge >= 0.3 is 5.97 Å². The molecule has 1 fully saturated rings. The van der Waals surface area contributed by atoms with Gasteiger partial charge in [0.25, 0.3) is 0 Å². The van der Waals surface area contributed by atoms with Crippen LogP contribution in [-0.4, -0.2) is 74.4 Å². The monoisotopic (exact) mass is 462 g/mol. The molecule has 0 bridgehead atoms. The zero-order valence-electron chi connectivity index (χ0n) is 19.9. The van der Waals surface area contributed by atoms with Crippen molar-refractivity contribution in [2.24, 2.45) is 0 Å². The van der Waals surface area contributed by atoms with E-state index < -0.39 is 42.8 Å². The Morgan fingerprint density at radius 2 is 1.28 bits per heavy atom. The van der Waals surface area contributed by atoms with E-state index in [1.54, 1.807) is 6.92 Å². The van der Waals surface area contributed by atoms with Crippen molar-refractivity contribution in [3.8, 4) is 0 Å². The van der Waals surface area contributed by atoms with E-state index in [0.717, 1.165) is 32.1 Å². The van der Waals surface area contributed by atoms with Gasteiger partial charge in [0.2, 0.25) is 0 Å². The minimum Gasteiger partial charge on any atom is -0.481 e. The summed E-state index contributed by atoms with van der Waals surface area (Å²) in [4.78, 5) is 11.2. The fourth-order valence-electron chi connectivity index (χ4n) is 4.13. The summed E-state index contributed by atoms with van der Waals surface area (Å²) in [7, 11) is 0. The number of hydrogen-bond acceptors (Lipinski definition) is 7. The minimum absolute atomic E-state index is 0.182. The van der Waals surface area contributed by atoms with Gasteiger partial charge in [0, 0.05) is 0 Å². The summed E-state index contributed by atoms with van der Waals surface area (Å²) in [6.07, 6.45) is 7.15. The second kappa shape index (κ2) is 16.8. The number of carboxylic acids is 1. The highest BCUT2D eigenvalue weighted by atomic mass is 16.7. The van der Waals surface area contributed by atoms with Gasteiger partial charge in [-0.25, -0.2) is 0 Å². The molecule has 190 valence electrons. The zero-order chi connectivity index (χ0) is 23.9. The lowest BCUT2D eigenvalue weighted by atomic mass is 9.99. The molecule has 0 aromatic carbocycles. The largest absolute Gasteiger partial charge is 0.481 e. The van der Waals surface area contributed by atoms with Crippen LogP contribution in [0.5, 0.6) is 0 Å². The lowest BCUT2D eigenvalue weighted by Gasteiger charge is -2.40. The smallest absolute Gasteiger partial charge is 0.305 e. The molecule has 1 heterocycles. The van der Waals surface area contributed by atoms with Crippen molar-refractivity contribution in [3.05, 3.63) is 0 Å². The van der Waals surface area contributed by atoms with Crippen LogP contribution in [-0.2, 0) is 14.3 Å². The number of unbranched alkanes of at least 4 members (excludes halogenated alkanes) is 10. The summed E-state index contributed by atoms with van der Waals surface area (Å²) >= 11 is 0. The molecule has 0 spiro atoms. The van der Waals surface area contributed by atoms with Crippen LogP contribution in [0.1, 0.15) is 104 Å². The van der Waals surface area contributed by atoms with Gasteiger partial charge in [-0.1, -0.05) is 70.6 Å². The normalized spacial score (nSPS) is 27.9. The van der Waals surface area contributed by atoms with Crippen molar-refractivity contribution >= 4 is 5.97 Å². The maximum Gasteiger partial charge on any atom is 0.305 e. The molecular weight excluding hydrogens is 416 g/mol. The van der Waals surface area contributed by atoms with Crippen molar-refractivity contribution in [3.63, 3.8) is 0 Å². The Kier molecular flexibility index (Phi) is 15.3. The first-order valence-corrected chi connectivity index (χ1v) is 12.5. The molecule has 0 aliphatic carbocycles. The first-order chi connectivity index (χ1) is 15.2. The lowest BCUT2D eigenvalue weighted by Crippen LogP contribution is -2.58. The van der Waals surface area contributed by atoms with Crippen molar-refractivity contribution in [1.29, 1.82) is 0 Å². The van der Waals surface area contributed by atoms with Crippen molar-refractivity contribution in [1.82, 2.24) is 0 Å². The fourth-order valence-corrected chi connectivity index (χ4v) is 4.13. The van der Waals surface area contributed by atoms with Gasteiger partial charge in [-0.2, -0.15) is 0 Å². The average Bonchev–Trinajstić information content (AvgIpc) is 2.73. The number of carboxylic acid groups (broad SMARTS) is 1. The molecule has 0 amide bonds. The molecule has 8 nitrogen and oxygen atoms in total. The highest BCUT2D eigenvalue weighted by Gasteiger charge is 2.43. The zero-order valence-corrected chi connectivity index (χ0v) is 19.9. The van der Waals surface area contributed by atoms with E-state index in [2.05, 4.69) is 0 Å². The van der Waals surface area contributed by atoms with Crippen LogP contribution in [0.4, 0.5) is 0 Å². The Hall–Kier alpha value is -0.770. The van der Waals surface area contributed by atoms with Crippen LogP contribution in [0.15, 0.2) is 0 Å². The first kappa shape index (κ1) is 29.3. The Labute approximate surface area is 192 Å². The van der Waals surface area contributed by atoms with Crippen LogP contribution >= 0.6 is 0 Å². The molecule has 0 unspecified atom stereocenters. The van der Waals surface area contributed by atoms with E-state index in [9.17, 15) is 25.2 Å². The minimum atomic E-state index is -1.42. The van der Waals surface area contributed by atoms with E-state index in [1.165, 1.54) is 44.9 Å². The van der Waals surface area contributed by atoms with E-state index in [-0.39, 0.29) is 12.5 Å². The van der Waals surface area contributed by atoms with Crippen LogP contribution in [0.2, 0.25) is 0 Å². The second-order valence-corrected chi connectivity index (χ2v) is 9.35. The van der Waals surface area contributed by atoms with Gasteiger partial charge in [-0.05, 0) is 26.7 Å². The molecular formula is C24H46O8. The van der Waals surface area contributed by atoms with E-state index >= 15 is 0 Å². The van der Waals surface area contributed by atoms with Crippen molar-refractivity contribution in [2.45, 2.75) is 147 Å². The summed E-state index contributed by atoms with van der Waals surface area (Å²) in [6, 6.07) is 0. The second-order valence-electron chi connectivity index (χ2n) is 9.35. The third kappa shape index (κ3) is 12.5. The molecule has 0 saturated carbocycles.